The van der Waals surface area contributed by atoms with Gasteiger partial charge in [0.2, 0.25) is 5.95 Å². The zero-order valence-corrected chi connectivity index (χ0v) is 12.9. The molecule has 0 fully saturated rings. The van der Waals surface area contributed by atoms with Crippen LogP contribution in [0.25, 0.3) is 11.3 Å². The Labute approximate surface area is 133 Å². The largest absolute Gasteiger partial charge is 0.323 e. The molecule has 4 nitrogen and oxygen atoms in total. The van der Waals surface area contributed by atoms with Gasteiger partial charge in [-0.05, 0) is 31.5 Å². The summed E-state index contributed by atoms with van der Waals surface area (Å²) in [5, 5.41) is 2.82. The fourth-order valence-corrected chi connectivity index (χ4v) is 2.24. The van der Waals surface area contributed by atoms with Gasteiger partial charge in [0.05, 0.1) is 11.4 Å². The number of halogens is 1. The van der Waals surface area contributed by atoms with Crippen LogP contribution in [0, 0.1) is 19.7 Å². The number of hydrogen-bond acceptors (Lipinski definition) is 3. The van der Waals surface area contributed by atoms with Crippen molar-refractivity contribution in [2.24, 2.45) is 0 Å². The van der Waals surface area contributed by atoms with Gasteiger partial charge in [-0.3, -0.25) is 9.78 Å². The third-order valence-electron chi connectivity index (χ3n) is 3.47. The van der Waals surface area contributed by atoms with Crippen LogP contribution in [-0.2, 0) is 0 Å². The Hall–Kier alpha value is -2.95. The number of nitrogens with zero attached hydrogens (tertiary/aromatic N) is 1. The molecule has 0 aliphatic heterocycles. The molecular weight excluding hydrogens is 293 g/mol. The second-order valence-electron chi connectivity index (χ2n) is 5.45. The number of aromatic nitrogens is 2. The van der Waals surface area contributed by atoms with Crippen molar-refractivity contribution in [3.63, 3.8) is 0 Å². The maximum Gasteiger partial charge on any atom is 0.252 e. The second kappa shape index (κ2) is 6.04. The number of rotatable bonds is 3. The van der Waals surface area contributed by atoms with E-state index in [0.29, 0.717) is 5.69 Å². The molecule has 1 aromatic heterocycles. The zero-order chi connectivity index (χ0) is 16.4. The molecule has 0 radical (unpaired) electrons. The highest BCUT2D eigenvalue weighted by atomic mass is 19.1. The summed E-state index contributed by atoms with van der Waals surface area (Å²) >= 11 is 0. The number of nitrogens with one attached hydrogen (secondary N) is 2. The Morgan fingerprint density at radius 2 is 1.70 bits per heavy atom. The van der Waals surface area contributed by atoms with Crippen molar-refractivity contribution in [3.05, 3.63) is 75.8 Å². The molecular formula is C18H16FN3O. The molecule has 3 aromatic rings. The molecule has 1 heterocycles. The predicted molar refractivity (Wildman–Crippen MR) is 89.5 cm³/mol. The summed E-state index contributed by atoms with van der Waals surface area (Å²) < 4.78 is 13.9. The molecule has 0 saturated carbocycles. The van der Waals surface area contributed by atoms with Crippen LogP contribution >= 0.6 is 0 Å². The van der Waals surface area contributed by atoms with Gasteiger partial charge in [-0.15, -0.1) is 0 Å². The molecule has 0 amide bonds. The smallest absolute Gasteiger partial charge is 0.252 e. The monoisotopic (exact) mass is 309 g/mol. The van der Waals surface area contributed by atoms with Gasteiger partial charge in [-0.2, -0.15) is 0 Å². The van der Waals surface area contributed by atoms with Crippen molar-refractivity contribution in [1.82, 2.24) is 9.97 Å². The van der Waals surface area contributed by atoms with Gasteiger partial charge < -0.3 is 5.32 Å². The Kier molecular flexibility index (Phi) is 3.93. The Morgan fingerprint density at radius 3 is 2.39 bits per heavy atom. The van der Waals surface area contributed by atoms with Gasteiger partial charge in [0.1, 0.15) is 5.82 Å². The van der Waals surface area contributed by atoms with Crippen LogP contribution < -0.4 is 10.9 Å². The highest BCUT2D eigenvalue weighted by Gasteiger charge is 2.07. The number of aromatic amines is 1. The van der Waals surface area contributed by atoms with E-state index in [4.69, 9.17) is 0 Å². The van der Waals surface area contributed by atoms with Crippen molar-refractivity contribution in [2.75, 3.05) is 5.32 Å². The topological polar surface area (TPSA) is 57.8 Å². The first-order valence-electron chi connectivity index (χ1n) is 7.23. The van der Waals surface area contributed by atoms with E-state index in [1.54, 1.807) is 12.1 Å². The van der Waals surface area contributed by atoms with Crippen LogP contribution in [0.3, 0.4) is 0 Å². The molecule has 0 spiro atoms. The summed E-state index contributed by atoms with van der Waals surface area (Å²) in [5.74, 6) is -0.191. The summed E-state index contributed by atoms with van der Waals surface area (Å²) in [4.78, 5) is 18.8. The molecule has 0 unspecified atom stereocenters. The molecule has 0 aliphatic carbocycles. The summed E-state index contributed by atoms with van der Waals surface area (Å²) in [6, 6.07) is 13.9. The van der Waals surface area contributed by atoms with Crippen LogP contribution in [0.5, 0.6) is 0 Å². The van der Waals surface area contributed by atoms with E-state index in [1.807, 2.05) is 38.1 Å². The fourth-order valence-electron chi connectivity index (χ4n) is 2.24. The lowest BCUT2D eigenvalue weighted by Crippen LogP contribution is -2.11. The van der Waals surface area contributed by atoms with Crippen molar-refractivity contribution >= 4 is 11.6 Å². The van der Waals surface area contributed by atoms with Crippen LogP contribution in [0.1, 0.15) is 11.1 Å². The van der Waals surface area contributed by atoms with E-state index >= 15 is 0 Å². The molecule has 0 aliphatic rings. The van der Waals surface area contributed by atoms with Crippen molar-refractivity contribution in [2.45, 2.75) is 13.8 Å². The van der Waals surface area contributed by atoms with E-state index in [-0.39, 0.29) is 17.2 Å². The average Bonchev–Trinajstić information content (AvgIpc) is 2.50. The number of anilines is 2. The molecule has 5 heteroatoms. The molecule has 116 valence electrons. The quantitative estimate of drug-likeness (QED) is 0.770. The minimum absolute atomic E-state index is 0.204. The molecule has 0 bridgehead atoms. The minimum atomic E-state index is -0.395. The minimum Gasteiger partial charge on any atom is -0.323 e. The third-order valence-corrected chi connectivity index (χ3v) is 3.47. The number of H-pyrrole nitrogens is 1. The maximum atomic E-state index is 13.9. The van der Waals surface area contributed by atoms with Gasteiger partial charge in [-0.25, -0.2) is 9.37 Å². The highest BCUT2D eigenvalue weighted by Crippen LogP contribution is 2.21. The van der Waals surface area contributed by atoms with Crippen LogP contribution in [0.2, 0.25) is 0 Å². The normalized spacial score (nSPS) is 10.6. The van der Waals surface area contributed by atoms with Gasteiger partial charge in [-0.1, -0.05) is 35.9 Å². The fraction of sp³-hybridized carbons (Fsp3) is 0.111. The van der Waals surface area contributed by atoms with E-state index in [9.17, 15) is 9.18 Å². The predicted octanol–water partition coefficient (Wildman–Crippen LogP) is 3.94. The summed E-state index contributed by atoms with van der Waals surface area (Å²) in [7, 11) is 0. The first kappa shape index (κ1) is 15.0. The van der Waals surface area contributed by atoms with E-state index in [2.05, 4.69) is 15.3 Å². The molecule has 23 heavy (non-hydrogen) atoms. The number of benzene rings is 2. The number of aryl methyl sites for hydroxylation is 2. The van der Waals surface area contributed by atoms with E-state index in [0.717, 1.165) is 16.7 Å². The maximum absolute atomic E-state index is 13.9. The zero-order valence-electron chi connectivity index (χ0n) is 12.9. The molecule has 2 N–H and O–H groups in total. The molecule has 0 saturated heterocycles. The van der Waals surface area contributed by atoms with E-state index < -0.39 is 5.82 Å². The van der Waals surface area contributed by atoms with Crippen molar-refractivity contribution < 1.29 is 4.39 Å². The van der Waals surface area contributed by atoms with Crippen molar-refractivity contribution in [3.8, 4) is 11.3 Å². The van der Waals surface area contributed by atoms with Gasteiger partial charge in [0.25, 0.3) is 5.56 Å². The molecule has 3 rings (SSSR count). The Morgan fingerprint density at radius 1 is 1.00 bits per heavy atom. The van der Waals surface area contributed by atoms with Crippen molar-refractivity contribution in [1.29, 1.82) is 0 Å². The second-order valence-corrected chi connectivity index (χ2v) is 5.45. The van der Waals surface area contributed by atoms with Gasteiger partial charge in [0.15, 0.2) is 0 Å². The lowest BCUT2D eigenvalue weighted by atomic mass is 10.1. The van der Waals surface area contributed by atoms with Crippen LogP contribution in [-0.4, -0.2) is 9.97 Å². The lowest BCUT2D eigenvalue weighted by Gasteiger charge is -2.09. The summed E-state index contributed by atoms with van der Waals surface area (Å²) in [6.45, 7) is 3.80. The van der Waals surface area contributed by atoms with Crippen LogP contribution in [0.15, 0.2) is 53.3 Å². The molecule has 0 atom stereocenters. The van der Waals surface area contributed by atoms with E-state index in [1.165, 1.54) is 12.1 Å². The average molecular weight is 309 g/mol. The molecule has 2 aromatic carbocycles. The Balaban J connectivity index is 1.97. The standard InChI is InChI=1S/C18H16FN3O/c1-11-3-6-13(7-4-11)16-10-17(23)22-18(21-16)20-15-8-5-12(2)9-14(15)19/h3-10H,1-2H3,(H2,20,21,22,23). The third kappa shape index (κ3) is 3.45. The van der Waals surface area contributed by atoms with Crippen LogP contribution in [0.4, 0.5) is 16.0 Å². The SMILES string of the molecule is Cc1ccc(-c2cc(=O)[nH]c(Nc3ccc(C)cc3F)n2)cc1. The number of hydrogen-bond donors (Lipinski definition) is 2. The summed E-state index contributed by atoms with van der Waals surface area (Å²) in [5.41, 5.74) is 3.27. The Bertz CT molecular complexity index is 901. The highest BCUT2D eigenvalue weighted by molar-refractivity contribution is 5.62. The summed E-state index contributed by atoms with van der Waals surface area (Å²) in [6.07, 6.45) is 0. The first-order chi connectivity index (χ1) is 11.0. The van der Waals surface area contributed by atoms with Gasteiger partial charge in [0, 0.05) is 11.6 Å². The van der Waals surface area contributed by atoms with Gasteiger partial charge >= 0.3 is 0 Å². The lowest BCUT2D eigenvalue weighted by molar-refractivity contribution is 0.630. The first-order valence-corrected chi connectivity index (χ1v) is 7.23.